The molecule has 5 heteroatoms. The zero-order valence-electron chi connectivity index (χ0n) is 12.4. The molecule has 0 saturated carbocycles. The number of nitrogen functional groups attached to an aromatic ring is 1. The van der Waals surface area contributed by atoms with Crippen LogP contribution in [0.5, 0.6) is 0 Å². The molecule has 3 rings (SSSR count). The van der Waals surface area contributed by atoms with Gasteiger partial charge in [0.2, 0.25) is 0 Å². The van der Waals surface area contributed by atoms with E-state index in [9.17, 15) is 0 Å². The van der Waals surface area contributed by atoms with E-state index in [0.29, 0.717) is 25.5 Å². The molecule has 110 valence electrons. The maximum atomic E-state index is 5.58. The summed E-state index contributed by atoms with van der Waals surface area (Å²) in [6.45, 7) is 5.47. The van der Waals surface area contributed by atoms with Crippen molar-refractivity contribution in [2.45, 2.75) is 33.3 Å². The molecule has 0 radical (unpaired) electrons. The minimum atomic E-state index is 0.527. The third kappa shape index (κ3) is 2.89. The van der Waals surface area contributed by atoms with Crippen molar-refractivity contribution in [1.82, 2.24) is 9.97 Å². The largest absolute Gasteiger partial charge is 0.376 e. The molecule has 21 heavy (non-hydrogen) atoms. The number of aromatic nitrogens is 2. The Balaban J connectivity index is 1.93. The zero-order valence-corrected chi connectivity index (χ0v) is 12.4. The minimum absolute atomic E-state index is 0.527. The van der Waals surface area contributed by atoms with Crippen LogP contribution in [0.3, 0.4) is 0 Å². The summed E-state index contributed by atoms with van der Waals surface area (Å²) in [7, 11) is 0. The molecule has 0 saturated heterocycles. The van der Waals surface area contributed by atoms with E-state index < -0.39 is 0 Å². The highest BCUT2D eigenvalue weighted by molar-refractivity contribution is 5.46. The van der Waals surface area contributed by atoms with E-state index >= 15 is 0 Å². The zero-order chi connectivity index (χ0) is 14.8. The first-order valence-electron chi connectivity index (χ1n) is 7.16. The molecule has 5 nitrogen and oxygen atoms in total. The number of nitrogens with one attached hydrogen (secondary N) is 1. The van der Waals surface area contributed by atoms with E-state index in [-0.39, 0.29) is 0 Å². The van der Waals surface area contributed by atoms with E-state index in [1.807, 2.05) is 0 Å². The third-order valence-electron chi connectivity index (χ3n) is 3.94. The topological polar surface area (TPSA) is 73.1 Å². The molecule has 0 spiro atoms. The summed E-state index contributed by atoms with van der Waals surface area (Å²) in [5.41, 5.74) is 8.50. The fourth-order valence-corrected chi connectivity index (χ4v) is 2.58. The molecule has 0 amide bonds. The Hall–Kier alpha value is -1.98. The van der Waals surface area contributed by atoms with Crippen LogP contribution in [0.25, 0.3) is 0 Å². The standard InChI is InChI=1S/C16H20N4O/c1-10-3-4-12(7-11(10)2)8-15-18-14-5-6-21-9-13(14)16(19-15)20-17/h3-4,7H,5-6,8-9,17H2,1-2H3,(H,18,19,20). The molecular formula is C16H20N4O. The summed E-state index contributed by atoms with van der Waals surface area (Å²) in [6.07, 6.45) is 1.52. The van der Waals surface area contributed by atoms with Crippen LogP contribution in [0.4, 0.5) is 5.82 Å². The van der Waals surface area contributed by atoms with Crippen LogP contribution in [0.1, 0.15) is 33.8 Å². The number of aryl methyl sites for hydroxylation is 2. The number of hydrazine groups is 1. The number of nitrogens with two attached hydrogens (primary N) is 1. The summed E-state index contributed by atoms with van der Waals surface area (Å²) in [5, 5.41) is 0. The number of hydrogen-bond donors (Lipinski definition) is 2. The lowest BCUT2D eigenvalue weighted by Gasteiger charge is -2.19. The van der Waals surface area contributed by atoms with Gasteiger partial charge in [-0.15, -0.1) is 0 Å². The lowest BCUT2D eigenvalue weighted by molar-refractivity contribution is 0.109. The average Bonchev–Trinajstić information content (AvgIpc) is 2.50. The normalized spacial score (nSPS) is 13.9. The molecule has 2 aromatic rings. The molecule has 1 aliphatic heterocycles. The van der Waals surface area contributed by atoms with Crippen LogP contribution in [0, 0.1) is 13.8 Å². The van der Waals surface area contributed by atoms with Gasteiger partial charge in [0.15, 0.2) is 0 Å². The molecule has 3 N–H and O–H groups in total. The van der Waals surface area contributed by atoms with Gasteiger partial charge in [0.1, 0.15) is 11.6 Å². The van der Waals surface area contributed by atoms with Crippen LogP contribution in [0.15, 0.2) is 18.2 Å². The number of benzene rings is 1. The first kappa shape index (κ1) is 14.0. The van der Waals surface area contributed by atoms with Gasteiger partial charge in [0.25, 0.3) is 0 Å². The van der Waals surface area contributed by atoms with Gasteiger partial charge in [-0.25, -0.2) is 15.8 Å². The third-order valence-corrected chi connectivity index (χ3v) is 3.94. The SMILES string of the molecule is Cc1ccc(Cc2nc3c(c(NN)n2)COCC3)cc1C. The number of ether oxygens (including phenoxy) is 1. The van der Waals surface area contributed by atoms with Crippen LogP contribution < -0.4 is 11.3 Å². The first-order valence-corrected chi connectivity index (χ1v) is 7.16. The fourth-order valence-electron chi connectivity index (χ4n) is 2.58. The van der Waals surface area contributed by atoms with Crippen molar-refractivity contribution < 1.29 is 4.74 Å². The van der Waals surface area contributed by atoms with E-state index in [0.717, 1.165) is 23.5 Å². The second-order valence-corrected chi connectivity index (χ2v) is 5.46. The molecule has 0 atom stereocenters. The van der Waals surface area contributed by atoms with Crippen LogP contribution in [-0.4, -0.2) is 16.6 Å². The number of hydrogen-bond acceptors (Lipinski definition) is 5. The Morgan fingerprint density at radius 1 is 1.24 bits per heavy atom. The predicted molar refractivity (Wildman–Crippen MR) is 81.9 cm³/mol. The molecule has 0 bridgehead atoms. The molecular weight excluding hydrogens is 264 g/mol. The summed E-state index contributed by atoms with van der Waals surface area (Å²) < 4.78 is 5.45. The molecule has 1 aromatic heterocycles. The van der Waals surface area contributed by atoms with Crippen molar-refractivity contribution in [1.29, 1.82) is 0 Å². The van der Waals surface area contributed by atoms with Gasteiger partial charge in [-0.1, -0.05) is 18.2 Å². The smallest absolute Gasteiger partial charge is 0.149 e. The molecule has 1 aliphatic rings. The van der Waals surface area contributed by atoms with Gasteiger partial charge in [-0.2, -0.15) is 0 Å². The molecule has 0 fully saturated rings. The summed E-state index contributed by atoms with van der Waals surface area (Å²) >= 11 is 0. The van der Waals surface area contributed by atoms with Gasteiger partial charge < -0.3 is 10.2 Å². The molecule has 1 aromatic carbocycles. The van der Waals surface area contributed by atoms with Gasteiger partial charge >= 0.3 is 0 Å². The highest BCUT2D eigenvalue weighted by Gasteiger charge is 2.17. The number of rotatable bonds is 3. The van der Waals surface area contributed by atoms with Gasteiger partial charge in [0.05, 0.1) is 18.9 Å². The number of anilines is 1. The number of nitrogens with zero attached hydrogens (tertiary/aromatic N) is 2. The van der Waals surface area contributed by atoms with Crippen molar-refractivity contribution in [3.8, 4) is 0 Å². The Morgan fingerprint density at radius 3 is 2.86 bits per heavy atom. The molecule has 0 aliphatic carbocycles. The Kier molecular flexibility index (Phi) is 3.86. The van der Waals surface area contributed by atoms with Crippen molar-refractivity contribution in [3.05, 3.63) is 52.0 Å². The van der Waals surface area contributed by atoms with Crippen LogP contribution in [-0.2, 0) is 24.2 Å². The van der Waals surface area contributed by atoms with Crippen molar-refractivity contribution >= 4 is 5.82 Å². The fraction of sp³-hybridized carbons (Fsp3) is 0.375. The maximum Gasteiger partial charge on any atom is 0.149 e. The summed E-state index contributed by atoms with van der Waals surface area (Å²) in [5.74, 6) is 7.06. The van der Waals surface area contributed by atoms with E-state index in [1.165, 1.54) is 16.7 Å². The lowest BCUT2D eigenvalue weighted by Crippen LogP contribution is -2.20. The van der Waals surface area contributed by atoms with Crippen LogP contribution >= 0.6 is 0 Å². The van der Waals surface area contributed by atoms with Gasteiger partial charge in [-0.3, -0.25) is 0 Å². The Bertz CT molecular complexity index is 652. The van der Waals surface area contributed by atoms with E-state index in [1.54, 1.807) is 0 Å². The molecule has 0 unspecified atom stereocenters. The quantitative estimate of drug-likeness (QED) is 0.666. The second kappa shape index (κ2) is 5.79. The average molecular weight is 284 g/mol. The van der Waals surface area contributed by atoms with E-state index in [2.05, 4.69) is 47.4 Å². The monoisotopic (exact) mass is 284 g/mol. The van der Waals surface area contributed by atoms with Crippen LogP contribution in [0.2, 0.25) is 0 Å². The van der Waals surface area contributed by atoms with Crippen molar-refractivity contribution in [2.75, 3.05) is 12.0 Å². The lowest BCUT2D eigenvalue weighted by atomic mass is 10.0. The maximum absolute atomic E-state index is 5.58. The highest BCUT2D eigenvalue weighted by Crippen LogP contribution is 2.22. The minimum Gasteiger partial charge on any atom is -0.376 e. The highest BCUT2D eigenvalue weighted by atomic mass is 16.5. The van der Waals surface area contributed by atoms with Gasteiger partial charge in [0, 0.05) is 18.4 Å². The van der Waals surface area contributed by atoms with Gasteiger partial charge in [-0.05, 0) is 30.5 Å². The Morgan fingerprint density at radius 2 is 2.10 bits per heavy atom. The Labute approximate surface area is 124 Å². The molecule has 2 heterocycles. The first-order chi connectivity index (χ1) is 10.2. The summed E-state index contributed by atoms with van der Waals surface area (Å²) in [4.78, 5) is 9.21. The van der Waals surface area contributed by atoms with E-state index in [4.69, 9.17) is 10.6 Å². The number of fused-ring (bicyclic) bond motifs is 1. The second-order valence-electron chi connectivity index (χ2n) is 5.46. The van der Waals surface area contributed by atoms with Crippen molar-refractivity contribution in [3.63, 3.8) is 0 Å². The predicted octanol–water partition coefficient (Wildman–Crippen LogP) is 2.04. The van der Waals surface area contributed by atoms with Crippen molar-refractivity contribution in [2.24, 2.45) is 5.84 Å². The summed E-state index contributed by atoms with van der Waals surface area (Å²) in [6, 6.07) is 6.46.